The molecule has 4 aromatic rings. The maximum absolute atomic E-state index is 12.6. The van der Waals surface area contributed by atoms with Gasteiger partial charge in [-0.05, 0) is 55.3 Å². The van der Waals surface area contributed by atoms with Gasteiger partial charge in [-0.25, -0.2) is 4.98 Å². The number of halogens is 1. The zero-order chi connectivity index (χ0) is 21.9. The molecule has 0 spiro atoms. The number of nitrogens with zero attached hydrogens (tertiary/aromatic N) is 5. The minimum atomic E-state index is 0.229. The molecule has 5 rings (SSSR count). The van der Waals surface area contributed by atoms with E-state index in [4.69, 9.17) is 16.1 Å². The van der Waals surface area contributed by atoms with Crippen LogP contribution < -0.4 is 0 Å². The highest BCUT2D eigenvalue weighted by atomic mass is 35.5. The largest absolute Gasteiger partial charge is 0.343 e. The average Bonchev–Trinajstić information content (AvgIpc) is 3.37. The predicted octanol–water partition coefficient (Wildman–Crippen LogP) is 5.20. The van der Waals surface area contributed by atoms with E-state index in [9.17, 15) is 4.79 Å². The minimum Gasteiger partial charge on any atom is -0.343 e. The van der Waals surface area contributed by atoms with Crippen LogP contribution in [-0.2, 0) is 11.3 Å². The summed E-state index contributed by atoms with van der Waals surface area (Å²) in [6.07, 6.45) is 6.94. The number of amides is 1. The SMILES string of the molecule is O=C(CCn1cnc2cc(-c3noc(-c4ccc(Cl)cc4)n3)ccc21)N1CCCCCC1. The van der Waals surface area contributed by atoms with Gasteiger partial charge in [-0.1, -0.05) is 29.6 Å². The summed E-state index contributed by atoms with van der Waals surface area (Å²) in [5.74, 6) is 1.17. The molecular formula is C24H24ClN5O2. The van der Waals surface area contributed by atoms with Crippen molar-refractivity contribution in [2.24, 2.45) is 0 Å². The Morgan fingerprint density at radius 1 is 1.00 bits per heavy atom. The molecule has 0 aliphatic carbocycles. The third-order valence-corrected chi connectivity index (χ3v) is 6.17. The number of benzene rings is 2. The number of imidazole rings is 1. The molecule has 1 amide bonds. The molecule has 2 aromatic carbocycles. The molecule has 8 heteroatoms. The fraction of sp³-hybridized carbons (Fsp3) is 0.333. The van der Waals surface area contributed by atoms with Crippen LogP contribution in [0.3, 0.4) is 0 Å². The van der Waals surface area contributed by atoms with Crippen molar-refractivity contribution in [3.63, 3.8) is 0 Å². The number of fused-ring (bicyclic) bond motifs is 1. The quantitative estimate of drug-likeness (QED) is 0.418. The molecule has 1 aliphatic heterocycles. The van der Waals surface area contributed by atoms with Crippen LogP contribution in [0.1, 0.15) is 32.1 Å². The molecule has 1 saturated heterocycles. The maximum Gasteiger partial charge on any atom is 0.258 e. The van der Waals surface area contributed by atoms with E-state index < -0.39 is 0 Å². The number of aryl methyl sites for hydroxylation is 1. The molecule has 0 unspecified atom stereocenters. The lowest BCUT2D eigenvalue weighted by atomic mass is 10.2. The lowest BCUT2D eigenvalue weighted by Crippen LogP contribution is -2.32. The van der Waals surface area contributed by atoms with Crippen LogP contribution in [0.15, 0.2) is 53.3 Å². The van der Waals surface area contributed by atoms with Crippen LogP contribution in [-0.4, -0.2) is 43.6 Å². The van der Waals surface area contributed by atoms with Crippen molar-refractivity contribution in [1.29, 1.82) is 0 Å². The van der Waals surface area contributed by atoms with Gasteiger partial charge in [-0.2, -0.15) is 4.98 Å². The average molecular weight is 450 g/mol. The van der Waals surface area contributed by atoms with Gasteiger partial charge in [0.2, 0.25) is 11.7 Å². The van der Waals surface area contributed by atoms with E-state index in [-0.39, 0.29) is 5.91 Å². The highest BCUT2D eigenvalue weighted by Gasteiger charge is 2.16. The number of carbonyl (C=O) groups is 1. The van der Waals surface area contributed by atoms with Crippen molar-refractivity contribution >= 4 is 28.5 Å². The zero-order valence-electron chi connectivity index (χ0n) is 17.7. The first kappa shape index (κ1) is 20.7. The van der Waals surface area contributed by atoms with Gasteiger partial charge in [0.25, 0.3) is 5.89 Å². The van der Waals surface area contributed by atoms with Gasteiger partial charge in [0.1, 0.15) is 0 Å². The molecule has 2 aromatic heterocycles. The smallest absolute Gasteiger partial charge is 0.258 e. The van der Waals surface area contributed by atoms with Crippen molar-refractivity contribution in [2.75, 3.05) is 13.1 Å². The van der Waals surface area contributed by atoms with Crippen molar-refractivity contribution < 1.29 is 9.32 Å². The van der Waals surface area contributed by atoms with Crippen molar-refractivity contribution in [3.8, 4) is 22.8 Å². The summed E-state index contributed by atoms with van der Waals surface area (Å²) in [6, 6.07) is 13.2. The van der Waals surface area contributed by atoms with E-state index in [2.05, 4.69) is 15.1 Å². The lowest BCUT2D eigenvalue weighted by molar-refractivity contribution is -0.131. The Bertz CT molecular complexity index is 1220. The van der Waals surface area contributed by atoms with Gasteiger partial charge in [0.05, 0.1) is 17.4 Å². The maximum atomic E-state index is 12.6. The van der Waals surface area contributed by atoms with Crippen LogP contribution in [0.25, 0.3) is 33.9 Å². The number of rotatable bonds is 5. The monoisotopic (exact) mass is 449 g/mol. The van der Waals surface area contributed by atoms with Gasteiger partial charge >= 0.3 is 0 Å². The Hall–Kier alpha value is -3.19. The van der Waals surface area contributed by atoms with E-state index >= 15 is 0 Å². The van der Waals surface area contributed by atoms with E-state index in [0.717, 1.165) is 48.1 Å². The van der Waals surface area contributed by atoms with Crippen molar-refractivity contribution in [1.82, 2.24) is 24.6 Å². The molecule has 32 heavy (non-hydrogen) atoms. The Morgan fingerprint density at radius 3 is 2.53 bits per heavy atom. The van der Waals surface area contributed by atoms with Crippen LogP contribution in [0.5, 0.6) is 0 Å². The predicted molar refractivity (Wildman–Crippen MR) is 123 cm³/mol. The first-order valence-corrected chi connectivity index (χ1v) is 11.4. The number of likely N-dealkylation sites (tertiary alicyclic amines) is 1. The van der Waals surface area contributed by atoms with Gasteiger partial charge in [0.15, 0.2) is 0 Å². The summed E-state index contributed by atoms with van der Waals surface area (Å²) < 4.78 is 7.45. The van der Waals surface area contributed by atoms with E-state index in [1.54, 1.807) is 18.5 Å². The summed E-state index contributed by atoms with van der Waals surface area (Å²) in [5, 5.41) is 4.77. The molecule has 3 heterocycles. The summed E-state index contributed by atoms with van der Waals surface area (Å²) in [7, 11) is 0. The Morgan fingerprint density at radius 2 is 1.75 bits per heavy atom. The summed E-state index contributed by atoms with van der Waals surface area (Å²) >= 11 is 5.95. The molecular weight excluding hydrogens is 426 g/mol. The summed E-state index contributed by atoms with van der Waals surface area (Å²) in [4.78, 5) is 23.7. The van der Waals surface area contributed by atoms with Crippen LogP contribution in [0.4, 0.5) is 0 Å². The second-order valence-corrected chi connectivity index (χ2v) is 8.55. The molecule has 7 nitrogen and oxygen atoms in total. The highest BCUT2D eigenvalue weighted by molar-refractivity contribution is 6.30. The first-order valence-electron chi connectivity index (χ1n) is 11.0. The van der Waals surface area contributed by atoms with E-state index in [1.807, 2.05) is 39.8 Å². The van der Waals surface area contributed by atoms with Crippen LogP contribution >= 0.6 is 11.6 Å². The third kappa shape index (κ3) is 4.39. The lowest BCUT2D eigenvalue weighted by Gasteiger charge is -2.20. The van der Waals surface area contributed by atoms with Crippen LogP contribution in [0.2, 0.25) is 5.02 Å². The fourth-order valence-electron chi connectivity index (χ4n) is 4.13. The zero-order valence-corrected chi connectivity index (χ0v) is 18.5. The van der Waals surface area contributed by atoms with Crippen LogP contribution in [0, 0.1) is 0 Å². The molecule has 0 N–H and O–H groups in total. The van der Waals surface area contributed by atoms with Gasteiger partial charge in [0, 0.05) is 42.2 Å². The third-order valence-electron chi connectivity index (χ3n) is 5.92. The minimum absolute atomic E-state index is 0.229. The molecule has 0 radical (unpaired) electrons. The molecule has 1 fully saturated rings. The number of hydrogen-bond acceptors (Lipinski definition) is 5. The number of aromatic nitrogens is 4. The highest BCUT2D eigenvalue weighted by Crippen LogP contribution is 2.26. The van der Waals surface area contributed by atoms with Crippen molar-refractivity contribution in [3.05, 3.63) is 53.8 Å². The molecule has 1 aliphatic rings. The number of hydrogen-bond donors (Lipinski definition) is 0. The second-order valence-electron chi connectivity index (χ2n) is 8.12. The Kier molecular flexibility index (Phi) is 5.90. The van der Waals surface area contributed by atoms with Crippen molar-refractivity contribution in [2.45, 2.75) is 38.6 Å². The van der Waals surface area contributed by atoms with Gasteiger partial charge < -0.3 is 14.0 Å². The molecule has 164 valence electrons. The molecule has 0 bridgehead atoms. The molecule has 0 atom stereocenters. The number of carbonyl (C=O) groups excluding carboxylic acids is 1. The Labute approximate surface area is 191 Å². The topological polar surface area (TPSA) is 77.0 Å². The molecule has 0 saturated carbocycles. The second kappa shape index (κ2) is 9.12. The normalized spacial score (nSPS) is 14.6. The Balaban J connectivity index is 1.30. The van der Waals surface area contributed by atoms with E-state index in [1.165, 1.54) is 12.8 Å². The summed E-state index contributed by atoms with van der Waals surface area (Å²) in [5.41, 5.74) is 3.46. The standard InChI is InChI=1S/C24H24ClN5O2/c25-19-8-5-17(6-9-19)24-27-23(28-32-24)18-7-10-21-20(15-18)26-16-30(21)14-11-22(31)29-12-3-1-2-4-13-29/h5-10,15-16H,1-4,11-14H2. The van der Waals surface area contributed by atoms with E-state index in [0.29, 0.717) is 29.7 Å². The van der Waals surface area contributed by atoms with Gasteiger partial charge in [-0.3, -0.25) is 4.79 Å². The fourth-order valence-corrected chi connectivity index (χ4v) is 4.25. The first-order chi connectivity index (χ1) is 15.7. The van der Waals surface area contributed by atoms with Gasteiger partial charge in [-0.15, -0.1) is 0 Å². The summed E-state index contributed by atoms with van der Waals surface area (Å²) in [6.45, 7) is 2.39.